The average Bonchev–Trinajstić information content (AvgIpc) is 3.04. The second-order valence-electron chi connectivity index (χ2n) is 6.27. The molecule has 0 bridgehead atoms. The minimum absolute atomic E-state index is 0.254. The molecule has 1 aliphatic rings. The fourth-order valence-electron chi connectivity index (χ4n) is 3.31. The van der Waals surface area contributed by atoms with Crippen LogP contribution in [0.1, 0.15) is 17.3 Å². The van der Waals surface area contributed by atoms with Crippen LogP contribution in [0.3, 0.4) is 0 Å². The molecule has 0 spiro atoms. The number of halogens is 1. The molecular weight excluding hydrogens is 357 g/mol. The van der Waals surface area contributed by atoms with E-state index < -0.39 is 16.1 Å². The maximum Gasteiger partial charge on any atom is 0.220 e. The third-order valence-corrected chi connectivity index (χ3v) is 6.35. The van der Waals surface area contributed by atoms with Gasteiger partial charge in [-0.05, 0) is 29.8 Å². The van der Waals surface area contributed by atoms with Gasteiger partial charge >= 0.3 is 0 Å². The molecule has 0 saturated carbocycles. The van der Waals surface area contributed by atoms with E-state index in [1.165, 1.54) is 16.4 Å². The summed E-state index contributed by atoms with van der Waals surface area (Å²) in [7, 11) is -3.66. The van der Waals surface area contributed by atoms with E-state index in [1.807, 2.05) is 12.1 Å². The van der Waals surface area contributed by atoms with Crippen LogP contribution in [-0.4, -0.2) is 37.5 Å². The average molecular weight is 375 g/mol. The molecule has 1 unspecified atom stereocenters. The van der Waals surface area contributed by atoms with Crippen molar-refractivity contribution < 1.29 is 17.3 Å². The molecule has 1 saturated heterocycles. The van der Waals surface area contributed by atoms with Crippen molar-refractivity contribution in [3.63, 3.8) is 0 Å². The van der Waals surface area contributed by atoms with Gasteiger partial charge in [0.25, 0.3) is 0 Å². The van der Waals surface area contributed by atoms with Crippen LogP contribution in [0.2, 0.25) is 0 Å². The molecule has 1 fully saturated rings. The van der Waals surface area contributed by atoms with Gasteiger partial charge in [0.2, 0.25) is 10.0 Å². The number of aromatic nitrogens is 1. The first-order valence-electron chi connectivity index (χ1n) is 8.33. The maximum atomic E-state index is 13.6. The Bertz CT molecular complexity index is 1030. The summed E-state index contributed by atoms with van der Waals surface area (Å²) in [5, 5.41) is 7.80. The van der Waals surface area contributed by atoms with Crippen molar-refractivity contribution in [3.05, 3.63) is 65.6 Å². The van der Waals surface area contributed by atoms with Crippen LogP contribution in [0.4, 0.5) is 4.39 Å². The summed E-state index contributed by atoms with van der Waals surface area (Å²) in [5.74, 6) is -0.636. The largest absolute Gasteiger partial charge is 0.356 e. The van der Waals surface area contributed by atoms with Crippen LogP contribution in [0.5, 0.6) is 0 Å². The van der Waals surface area contributed by atoms with Crippen molar-refractivity contribution in [2.24, 2.45) is 0 Å². The van der Waals surface area contributed by atoms with E-state index in [2.05, 4.69) is 10.5 Å². The summed E-state index contributed by atoms with van der Waals surface area (Å²) >= 11 is 0. The Morgan fingerprint density at radius 1 is 1.23 bits per heavy atom. The van der Waals surface area contributed by atoms with Gasteiger partial charge in [-0.25, -0.2) is 12.8 Å². The van der Waals surface area contributed by atoms with Gasteiger partial charge in [-0.2, -0.15) is 4.31 Å². The highest BCUT2D eigenvalue weighted by molar-refractivity contribution is 7.88. The first kappa shape index (κ1) is 17.1. The van der Waals surface area contributed by atoms with Gasteiger partial charge < -0.3 is 9.84 Å². The molecule has 1 atom stereocenters. The lowest BCUT2D eigenvalue weighted by molar-refractivity contribution is 0.270. The summed E-state index contributed by atoms with van der Waals surface area (Å²) in [5.41, 5.74) is 1.57. The molecule has 136 valence electrons. The van der Waals surface area contributed by atoms with Gasteiger partial charge in [0.15, 0.2) is 5.58 Å². The molecule has 0 aliphatic carbocycles. The van der Waals surface area contributed by atoms with Crippen molar-refractivity contribution in [1.82, 2.24) is 14.8 Å². The first-order valence-corrected chi connectivity index (χ1v) is 9.94. The smallest absolute Gasteiger partial charge is 0.220 e. The van der Waals surface area contributed by atoms with Gasteiger partial charge in [-0.15, -0.1) is 0 Å². The quantitative estimate of drug-likeness (QED) is 0.758. The van der Waals surface area contributed by atoms with Crippen LogP contribution in [0, 0.1) is 5.82 Å². The van der Waals surface area contributed by atoms with E-state index in [9.17, 15) is 12.8 Å². The van der Waals surface area contributed by atoms with E-state index >= 15 is 0 Å². The number of nitrogens with zero attached hydrogens (tertiary/aromatic N) is 2. The van der Waals surface area contributed by atoms with Crippen molar-refractivity contribution in [3.8, 4) is 0 Å². The number of hydrogen-bond acceptors (Lipinski definition) is 5. The Morgan fingerprint density at radius 3 is 2.92 bits per heavy atom. The van der Waals surface area contributed by atoms with E-state index in [0.29, 0.717) is 41.9 Å². The minimum Gasteiger partial charge on any atom is -0.356 e. The predicted octanol–water partition coefficient (Wildman–Crippen LogP) is 2.44. The molecule has 4 rings (SSSR count). The molecule has 8 heteroatoms. The number of rotatable bonds is 4. The molecule has 1 aliphatic heterocycles. The Balaban J connectivity index is 1.66. The molecule has 2 heterocycles. The van der Waals surface area contributed by atoms with Gasteiger partial charge in [0.1, 0.15) is 17.3 Å². The van der Waals surface area contributed by atoms with Gasteiger partial charge in [-0.3, -0.25) is 0 Å². The third-order valence-electron chi connectivity index (χ3n) is 4.56. The number of piperazine rings is 1. The summed E-state index contributed by atoms with van der Waals surface area (Å²) < 4.78 is 46.4. The molecule has 0 radical (unpaired) electrons. The van der Waals surface area contributed by atoms with Crippen LogP contribution in [0.15, 0.2) is 53.1 Å². The van der Waals surface area contributed by atoms with Crippen LogP contribution < -0.4 is 5.32 Å². The summed E-state index contributed by atoms with van der Waals surface area (Å²) in [6.07, 6.45) is 0. The molecule has 6 nitrogen and oxygen atoms in total. The van der Waals surface area contributed by atoms with Crippen LogP contribution in [-0.2, 0) is 15.8 Å². The van der Waals surface area contributed by atoms with E-state index in [0.717, 1.165) is 0 Å². The Labute approximate surface area is 150 Å². The zero-order valence-electron chi connectivity index (χ0n) is 13.9. The van der Waals surface area contributed by atoms with Crippen molar-refractivity contribution in [2.45, 2.75) is 11.8 Å². The van der Waals surface area contributed by atoms with Gasteiger partial charge in [0.05, 0.1) is 6.04 Å². The number of para-hydroxylation sites is 1. The lowest BCUT2D eigenvalue weighted by atomic mass is 10.1. The Hall–Kier alpha value is -2.29. The fourth-order valence-corrected chi connectivity index (χ4v) is 4.99. The molecule has 1 N–H and O–H groups in total. The highest BCUT2D eigenvalue weighted by atomic mass is 32.2. The van der Waals surface area contributed by atoms with Crippen molar-refractivity contribution >= 4 is 21.0 Å². The number of nitrogens with one attached hydrogen (secondary N) is 1. The van der Waals surface area contributed by atoms with Crippen molar-refractivity contribution in [1.29, 1.82) is 0 Å². The monoisotopic (exact) mass is 375 g/mol. The Kier molecular flexibility index (Phi) is 4.47. The molecule has 2 aromatic carbocycles. The summed E-state index contributed by atoms with van der Waals surface area (Å²) in [6, 6.07) is 12.8. The summed E-state index contributed by atoms with van der Waals surface area (Å²) in [6.45, 7) is 1.30. The second kappa shape index (κ2) is 6.79. The highest BCUT2D eigenvalue weighted by Crippen LogP contribution is 2.28. The molecule has 0 amide bonds. The zero-order valence-corrected chi connectivity index (χ0v) is 14.7. The normalized spacial score (nSPS) is 19.0. The Morgan fingerprint density at radius 2 is 2.08 bits per heavy atom. The molecule has 1 aromatic heterocycles. The van der Waals surface area contributed by atoms with Gasteiger partial charge in [-0.1, -0.05) is 29.4 Å². The molecule has 26 heavy (non-hydrogen) atoms. The third kappa shape index (κ3) is 3.23. The number of sulfonamides is 1. The lowest BCUT2D eigenvalue weighted by Gasteiger charge is -2.35. The molecular formula is C18H18FN3O3S. The SMILES string of the molecule is O=S(=O)(Cc1noc2ccccc12)N1CCNCC1c1cccc(F)c1. The maximum absolute atomic E-state index is 13.6. The topological polar surface area (TPSA) is 75.4 Å². The highest BCUT2D eigenvalue weighted by Gasteiger charge is 2.34. The van der Waals surface area contributed by atoms with E-state index in [4.69, 9.17) is 4.52 Å². The lowest BCUT2D eigenvalue weighted by Crippen LogP contribution is -2.49. The predicted molar refractivity (Wildman–Crippen MR) is 95.3 cm³/mol. The number of benzene rings is 2. The van der Waals surface area contributed by atoms with Crippen LogP contribution in [0.25, 0.3) is 11.0 Å². The van der Waals surface area contributed by atoms with E-state index in [1.54, 1.807) is 24.3 Å². The first-order chi connectivity index (χ1) is 12.5. The number of hydrogen-bond donors (Lipinski definition) is 1. The second-order valence-corrected chi connectivity index (χ2v) is 8.19. The number of fused-ring (bicyclic) bond motifs is 1. The van der Waals surface area contributed by atoms with E-state index in [-0.39, 0.29) is 11.6 Å². The molecule has 3 aromatic rings. The van der Waals surface area contributed by atoms with Gasteiger partial charge in [0, 0.05) is 25.0 Å². The van der Waals surface area contributed by atoms with Crippen LogP contribution >= 0.6 is 0 Å². The zero-order chi connectivity index (χ0) is 18.1. The summed E-state index contributed by atoms with van der Waals surface area (Å²) in [4.78, 5) is 0. The minimum atomic E-state index is -3.66. The fraction of sp³-hybridized carbons (Fsp3) is 0.278. The standard InChI is InChI=1S/C18H18FN3O3S/c19-14-5-3-4-13(10-14)17-11-20-8-9-22(17)26(23,24)12-16-15-6-1-2-7-18(15)25-21-16/h1-7,10,17,20H,8-9,11-12H2. The van der Waals surface area contributed by atoms with Crippen molar-refractivity contribution in [2.75, 3.05) is 19.6 Å².